The van der Waals surface area contributed by atoms with Crippen molar-refractivity contribution in [1.29, 1.82) is 0 Å². The molecular weight excluding hydrogens is 307 g/mol. The van der Waals surface area contributed by atoms with Gasteiger partial charge in [-0.2, -0.15) is 13.2 Å². The molecule has 0 spiro atoms. The van der Waals surface area contributed by atoms with Gasteiger partial charge in [-0.3, -0.25) is 0 Å². The monoisotopic (exact) mass is 319 g/mol. The molecule has 118 valence electrons. The summed E-state index contributed by atoms with van der Waals surface area (Å²) in [4.78, 5) is 11.7. The van der Waals surface area contributed by atoms with Crippen LogP contribution in [0.5, 0.6) is 0 Å². The number of hydrogen-bond donors (Lipinski definition) is 1. The maximum absolute atomic E-state index is 12.9. The highest BCUT2D eigenvalue weighted by Gasteiger charge is 2.31. The Balaban J connectivity index is 2.26. The van der Waals surface area contributed by atoms with Crippen LogP contribution in [0.25, 0.3) is 22.1 Å². The van der Waals surface area contributed by atoms with E-state index in [9.17, 15) is 18.0 Å². The molecule has 6 heteroatoms. The second-order valence-corrected chi connectivity index (χ2v) is 5.02. The second kappa shape index (κ2) is 5.46. The third-order valence-electron chi connectivity index (χ3n) is 3.55. The van der Waals surface area contributed by atoms with E-state index in [4.69, 9.17) is 4.42 Å². The first-order chi connectivity index (χ1) is 10.9. The maximum Gasteiger partial charge on any atom is 0.416 e. The van der Waals surface area contributed by atoms with E-state index in [-0.39, 0.29) is 11.0 Å². The van der Waals surface area contributed by atoms with Crippen molar-refractivity contribution in [2.45, 2.75) is 6.18 Å². The second-order valence-electron chi connectivity index (χ2n) is 5.02. The van der Waals surface area contributed by atoms with Gasteiger partial charge in [-0.15, -0.1) is 0 Å². The van der Waals surface area contributed by atoms with Gasteiger partial charge >= 0.3 is 11.8 Å². The molecule has 3 nitrogen and oxygen atoms in total. The number of rotatable bonds is 2. The van der Waals surface area contributed by atoms with Crippen LogP contribution >= 0.6 is 0 Å². The summed E-state index contributed by atoms with van der Waals surface area (Å²) >= 11 is 0. The van der Waals surface area contributed by atoms with Crippen molar-refractivity contribution in [2.24, 2.45) is 0 Å². The van der Waals surface area contributed by atoms with E-state index in [1.807, 2.05) is 0 Å². The van der Waals surface area contributed by atoms with Crippen molar-refractivity contribution in [3.8, 4) is 11.1 Å². The molecule has 1 N–H and O–H groups in total. The molecule has 2 aromatic carbocycles. The molecule has 0 fully saturated rings. The van der Waals surface area contributed by atoms with Gasteiger partial charge in [0.2, 0.25) is 0 Å². The van der Waals surface area contributed by atoms with Gasteiger partial charge in [0.1, 0.15) is 5.58 Å². The van der Waals surface area contributed by atoms with Crippen molar-refractivity contribution in [1.82, 2.24) is 0 Å². The van der Waals surface area contributed by atoms with Gasteiger partial charge in [-0.25, -0.2) is 4.79 Å². The lowest BCUT2D eigenvalue weighted by atomic mass is 10.00. The predicted molar refractivity (Wildman–Crippen MR) is 82.5 cm³/mol. The summed E-state index contributed by atoms with van der Waals surface area (Å²) in [6, 6.07) is 11.3. The third-order valence-corrected chi connectivity index (χ3v) is 3.55. The average molecular weight is 319 g/mol. The van der Waals surface area contributed by atoms with Gasteiger partial charge in [0.05, 0.1) is 5.56 Å². The molecular formula is C17H12F3NO2. The Hall–Kier alpha value is -2.76. The zero-order chi connectivity index (χ0) is 16.6. The molecule has 0 bridgehead atoms. The fourth-order valence-electron chi connectivity index (χ4n) is 2.39. The Kier molecular flexibility index (Phi) is 3.60. The largest absolute Gasteiger partial charge is 0.423 e. The standard InChI is InChI=1S/C17H12F3NO2/c1-21-12-5-2-10(3-6-12)13-9-16(22)23-15-7-4-11(8-14(13)15)17(18,19)20/h2-9,21H,1H3. The molecule has 0 atom stereocenters. The minimum absolute atomic E-state index is 0.123. The van der Waals surface area contributed by atoms with Crippen LogP contribution in [0.2, 0.25) is 0 Å². The number of hydrogen-bond acceptors (Lipinski definition) is 3. The zero-order valence-corrected chi connectivity index (χ0v) is 12.1. The molecule has 1 heterocycles. The molecule has 0 aliphatic rings. The Morgan fingerprint density at radius 3 is 2.30 bits per heavy atom. The highest BCUT2D eigenvalue weighted by atomic mass is 19.4. The Bertz CT molecular complexity index is 912. The van der Waals surface area contributed by atoms with Crippen LogP contribution in [0.3, 0.4) is 0 Å². The quantitative estimate of drug-likeness (QED) is 0.706. The van der Waals surface area contributed by atoms with Gasteiger partial charge in [0, 0.05) is 24.2 Å². The van der Waals surface area contributed by atoms with Gasteiger partial charge in [0.15, 0.2) is 0 Å². The highest BCUT2D eigenvalue weighted by molar-refractivity contribution is 5.93. The normalized spacial score (nSPS) is 11.7. The molecule has 3 aromatic rings. The SMILES string of the molecule is CNc1ccc(-c2cc(=O)oc3ccc(C(F)(F)F)cc23)cc1. The molecule has 0 saturated carbocycles. The van der Waals surface area contributed by atoms with E-state index in [2.05, 4.69) is 5.32 Å². The molecule has 0 aliphatic heterocycles. The van der Waals surface area contributed by atoms with Crippen LogP contribution < -0.4 is 10.9 Å². The van der Waals surface area contributed by atoms with E-state index in [1.54, 1.807) is 31.3 Å². The van der Waals surface area contributed by atoms with E-state index >= 15 is 0 Å². The Morgan fingerprint density at radius 1 is 1.00 bits per heavy atom. The van der Waals surface area contributed by atoms with Crippen LogP contribution in [-0.2, 0) is 6.18 Å². The smallest absolute Gasteiger partial charge is 0.416 e. The van der Waals surface area contributed by atoms with Crippen molar-refractivity contribution < 1.29 is 17.6 Å². The number of anilines is 1. The Labute approximate surface area is 129 Å². The lowest BCUT2D eigenvalue weighted by molar-refractivity contribution is -0.137. The molecule has 0 radical (unpaired) electrons. The number of fused-ring (bicyclic) bond motifs is 1. The van der Waals surface area contributed by atoms with Crippen molar-refractivity contribution in [3.63, 3.8) is 0 Å². The fraction of sp³-hybridized carbons (Fsp3) is 0.118. The fourth-order valence-corrected chi connectivity index (χ4v) is 2.39. The zero-order valence-electron chi connectivity index (χ0n) is 12.1. The van der Waals surface area contributed by atoms with Crippen molar-refractivity contribution >= 4 is 16.7 Å². The third kappa shape index (κ3) is 2.92. The molecule has 3 rings (SSSR count). The van der Waals surface area contributed by atoms with Crippen LogP contribution in [0, 0.1) is 0 Å². The van der Waals surface area contributed by atoms with Gasteiger partial charge < -0.3 is 9.73 Å². The highest BCUT2D eigenvalue weighted by Crippen LogP contribution is 2.34. The van der Waals surface area contributed by atoms with Gasteiger partial charge in [0.25, 0.3) is 0 Å². The topological polar surface area (TPSA) is 42.2 Å². The number of benzene rings is 2. The first-order valence-corrected chi connectivity index (χ1v) is 6.82. The van der Waals surface area contributed by atoms with Gasteiger partial charge in [-0.05, 0) is 41.5 Å². The summed E-state index contributed by atoms with van der Waals surface area (Å²) in [5, 5.41) is 3.20. The average Bonchev–Trinajstić information content (AvgIpc) is 2.53. The molecule has 0 unspecified atom stereocenters. The summed E-state index contributed by atoms with van der Waals surface area (Å²) < 4.78 is 43.8. The van der Waals surface area contributed by atoms with Crippen LogP contribution in [0.1, 0.15) is 5.56 Å². The lowest BCUT2D eigenvalue weighted by Gasteiger charge is -2.10. The van der Waals surface area contributed by atoms with E-state index in [1.165, 1.54) is 12.1 Å². The van der Waals surface area contributed by atoms with E-state index in [0.29, 0.717) is 11.1 Å². The van der Waals surface area contributed by atoms with Gasteiger partial charge in [-0.1, -0.05) is 12.1 Å². The minimum atomic E-state index is -4.46. The Morgan fingerprint density at radius 2 is 1.70 bits per heavy atom. The van der Waals surface area contributed by atoms with Crippen LogP contribution in [-0.4, -0.2) is 7.05 Å². The minimum Gasteiger partial charge on any atom is -0.423 e. The summed E-state index contributed by atoms with van der Waals surface area (Å²) in [5.41, 5.74) is 0.637. The van der Waals surface area contributed by atoms with Crippen molar-refractivity contribution in [2.75, 3.05) is 12.4 Å². The molecule has 0 amide bonds. The number of halogens is 3. The number of alkyl halides is 3. The van der Waals surface area contributed by atoms with Crippen LogP contribution in [0.4, 0.5) is 18.9 Å². The number of nitrogens with one attached hydrogen (secondary N) is 1. The maximum atomic E-state index is 12.9. The molecule has 23 heavy (non-hydrogen) atoms. The van der Waals surface area contributed by atoms with Crippen LogP contribution in [0.15, 0.2) is 57.7 Å². The predicted octanol–water partition coefficient (Wildman–Crippen LogP) is 4.52. The molecule has 0 aliphatic carbocycles. The van der Waals surface area contributed by atoms with Crippen molar-refractivity contribution in [3.05, 3.63) is 64.5 Å². The molecule has 1 aromatic heterocycles. The summed E-state index contributed by atoms with van der Waals surface area (Å²) in [6.45, 7) is 0. The molecule has 0 saturated heterocycles. The summed E-state index contributed by atoms with van der Waals surface area (Å²) in [7, 11) is 1.76. The summed E-state index contributed by atoms with van der Waals surface area (Å²) in [6.07, 6.45) is -4.46. The summed E-state index contributed by atoms with van der Waals surface area (Å²) in [5.74, 6) is 0. The first kappa shape index (κ1) is 15.1. The van der Waals surface area contributed by atoms with E-state index in [0.717, 1.165) is 17.8 Å². The lowest BCUT2D eigenvalue weighted by Crippen LogP contribution is -2.05. The first-order valence-electron chi connectivity index (χ1n) is 6.82. The van der Waals surface area contributed by atoms with E-state index < -0.39 is 17.4 Å².